The molecule has 1 fully saturated rings. The Morgan fingerprint density at radius 1 is 1.32 bits per heavy atom. The minimum atomic E-state index is -1.54. The van der Waals surface area contributed by atoms with E-state index in [-0.39, 0.29) is 62.4 Å². The number of aliphatic carboxylic acids is 2. The average Bonchev–Trinajstić information content (AvgIpc) is 2.58. The molecule has 0 radical (unpaired) electrons. The van der Waals surface area contributed by atoms with Crippen LogP contribution in [-0.2, 0) is 43.5 Å². The second-order valence-electron chi connectivity index (χ2n) is 6.39. The van der Waals surface area contributed by atoms with Crippen molar-refractivity contribution >= 4 is 41.3 Å². The van der Waals surface area contributed by atoms with Crippen molar-refractivity contribution in [3.63, 3.8) is 0 Å². The summed E-state index contributed by atoms with van der Waals surface area (Å²) in [5.41, 5.74) is 5.31. The molecular weight excluding hydrogens is 444 g/mol. The van der Waals surface area contributed by atoms with Gasteiger partial charge in [0.2, 0.25) is 5.91 Å². The van der Waals surface area contributed by atoms with E-state index in [1.54, 1.807) is 0 Å². The van der Waals surface area contributed by atoms with Gasteiger partial charge in [0, 0.05) is 24.6 Å². The van der Waals surface area contributed by atoms with Gasteiger partial charge in [-0.05, 0) is 25.3 Å². The predicted octanol–water partition coefficient (Wildman–Crippen LogP) is -3.39. The molecule has 0 aromatic carbocycles. The molecule has 0 bridgehead atoms. The smallest absolute Gasteiger partial charge is 0.548 e. The van der Waals surface area contributed by atoms with E-state index in [0.717, 1.165) is 4.90 Å². The summed E-state index contributed by atoms with van der Waals surface area (Å²) >= 11 is 1.25. The first-order valence-corrected chi connectivity index (χ1v) is 9.31. The van der Waals surface area contributed by atoms with E-state index in [0.29, 0.717) is 5.57 Å². The van der Waals surface area contributed by atoms with Crippen LogP contribution in [-0.4, -0.2) is 57.6 Å². The summed E-state index contributed by atoms with van der Waals surface area (Å²) in [7, 11) is 0. The summed E-state index contributed by atoms with van der Waals surface area (Å²) in [6, 6.07) is -2.05. The van der Waals surface area contributed by atoms with Crippen molar-refractivity contribution in [1.82, 2.24) is 10.2 Å². The first-order valence-electron chi connectivity index (χ1n) is 8.26. The van der Waals surface area contributed by atoms with Crippen molar-refractivity contribution < 1.29 is 53.7 Å². The van der Waals surface area contributed by atoms with Crippen LogP contribution < -0.4 is 21.3 Å². The summed E-state index contributed by atoms with van der Waals surface area (Å²) in [4.78, 5) is 58.6. The maximum Gasteiger partial charge on any atom is 2.00 e. The van der Waals surface area contributed by atoms with Gasteiger partial charge in [0.25, 0.3) is 5.91 Å². The molecule has 0 unspecified atom stereocenters. The van der Waals surface area contributed by atoms with Crippen LogP contribution in [0, 0.1) is 0 Å². The van der Waals surface area contributed by atoms with Crippen LogP contribution in [0.25, 0.3) is 0 Å². The molecule has 0 aliphatic carbocycles. The number of Topliss-reactive ketones (excluding diaryl/α,β-unsaturated/α-hetero) is 1. The zero-order valence-electron chi connectivity index (χ0n) is 15.3. The number of nitrogens with two attached hydrogens (primary N) is 1. The maximum absolute atomic E-state index is 12.3. The van der Waals surface area contributed by atoms with Gasteiger partial charge in [-0.15, -0.1) is 11.8 Å². The predicted molar refractivity (Wildman–Crippen MR) is 89.2 cm³/mol. The average molecular weight is 463 g/mol. The van der Waals surface area contributed by atoms with Gasteiger partial charge < -0.3 is 30.9 Å². The molecule has 12 heteroatoms. The zero-order valence-corrected chi connectivity index (χ0v) is 19.0. The number of carboxylic acid groups (broad SMARTS) is 2. The Morgan fingerprint density at radius 2 is 1.96 bits per heavy atom. The number of rotatable bonds is 9. The third-order valence-corrected chi connectivity index (χ3v) is 5.58. The van der Waals surface area contributed by atoms with Crippen LogP contribution in [0.15, 0.2) is 11.3 Å². The summed E-state index contributed by atoms with van der Waals surface area (Å²) in [6.07, 6.45) is 0.157. The van der Waals surface area contributed by atoms with Gasteiger partial charge in [-0.2, -0.15) is 0 Å². The Kier molecular flexibility index (Phi) is 8.78. The van der Waals surface area contributed by atoms with Gasteiger partial charge in [0.1, 0.15) is 17.2 Å². The Bertz CT molecular complexity index is 727. The van der Waals surface area contributed by atoms with Crippen molar-refractivity contribution in [1.29, 1.82) is 0 Å². The molecule has 2 rings (SSSR count). The first kappa shape index (κ1) is 24.3. The van der Waals surface area contributed by atoms with Crippen LogP contribution >= 0.6 is 11.8 Å². The van der Waals surface area contributed by atoms with Crippen molar-refractivity contribution in [2.24, 2.45) is 5.73 Å². The summed E-state index contributed by atoms with van der Waals surface area (Å²) in [5, 5.41) is 23.9. The van der Waals surface area contributed by atoms with Crippen LogP contribution in [0.3, 0.4) is 0 Å². The van der Waals surface area contributed by atoms with Crippen LogP contribution in [0.5, 0.6) is 0 Å². The molecule has 28 heavy (non-hydrogen) atoms. The normalized spacial score (nSPS) is 21.8. The standard InChI is InChI=1S/C16H21N3O7S.Zn/c1-7(20)5-8-6-27-14-11(13(22)19(14)12(8)16(25)26)18-10(21)4-2-3-9(17)15(23)24;/h9,11,14H,2-6,17H2,1H3,(H,18,21)(H,23,24)(H,25,26);/q;+2/p-2/t9-,11-,14+;/m1./s1. The van der Waals surface area contributed by atoms with Crippen molar-refractivity contribution in [3.8, 4) is 0 Å². The second-order valence-corrected chi connectivity index (χ2v) is 7.50. The number of carboxylic acids is 2. The molecule has 1 saturated heterocycles. The molecule has 3 atom stereocenters. The first-order chi connectivity index (χ1) is 12.6. The van der Waals surface area contributed by atoms with Gasteiger partial charge in [-0.25, -0.2) is 0 Å². The molecule has 10 nitrogen and oxygen atoms in total. The minimum absolute atomic E-state index is 0. The van der Waals surface area contributed by atoms with Gasteiger partial charge >= 0.3 is 19.5 Å². The monoisotopic (exact) mass is 461 g/mol. The van der Waals surface area contributed by atoms with Crippen LogP contribution in [0.2, 0.25) is 0 Å². The number of hydrogen-bond acceptors (Lipinski definition) is 9. The maximum atomic E-state index is 12.3. The van der Waals surface area contributed by atoms with E-state index >= 15 is 0 Å². The topological polar surface area (TPSA) is 173 Å². The molecule has 0 spiro atoms. The molecule has 2 amide bonds. The number of amides is 2. The molecule has 2 aliphatic rings. The largest absolute Gasteiger partial charge is 2.00 e. The molecule has 0 aromatic rings. The second kappa shape index (κ2) is 10.1. The number of ketones is 1. The molecule has 0 saturated carbocycles. The number of nitrogens with zero attached hydrogens (tertiary/aromatic N) is 1. The number of hydrogen-bond donors (Lipinski definition) is 2. The van der Waals surface area contributed by atoms with Crippen LogP contribution in [0.4, 0.5) is 0 Å². The third-order valence-electron chi connectivity index (χ3n) is 4.24. The number of fused-ring (bicyclic) bond motifs is 1. The number of thioether (sulfide) groups is 1. The van der Waals surface area contributed by atoms with E-state index in [1.165, 1.54) is 18.7 Å². The van der Waals surface area contributed by atoms with E-state index < -0.39 is 41.2 Å². The van der Waals surface area contributed by atoms with E-state index in [1.807, 2.05) is 0 Å². The summed E-state index contributed by atoms with van der Waals surface area (Å²) in [6.45, 7) is 1.32. The van der Waals surface area contributed by atoms with Crippen molar-refractivity contribution in [2.75, 3.05) is 5.75 Å². The summed E-state index contributed by atoms with van der Waals surface area (Å²) < 4.78 is 0. The van der Waals surface area contributed by atoms with Gasteiger partial charge in [-0.1, -0.05) is 0 Å². The van der Waals surface area contributed by atoms with Crippen LogP contribution in [0.1, 0.15) is 32.6 Å². The molecule has 0 aromatic heterocycles. The summed E-state index contributed by atoms with van der Waals surface area (Å²) in [5.74, 6) is -3.98. The fraction of sp³-hybridized carbons (Fsp3) is 0.562. The Balaban J connectivity index is 0.00000392. The van der Waals surface area contributed by atoms with E-state index in [4.69, 9.17) is 5.73 Å². The van der Waals surface area contributed by atoms with E-state index in [2.05, 4.69) is 5.32 Å². The van der Waals surface area contributed by atoms with E-state index in [9.17, 15) is 34.2 Å². The Hall–Kier alpha value is -1.78. The molecule has 148 valence electrons. The minimum Gasteiger partial charge on any atom is -0.548 e. The molecule has 2 aliphatic heterocycles. The number of nitrogens with one attached hydrogen (secondary N) is 1. The Morgan fingerprint density at radius 3 is 2.50 bits per heavy atom. The fourth-order valence-corrected chi connectivity index (χ4v) is 4.30. The number of carbonyl (C=O) groups excluding carboxylic acids is 5. The SMILES string of the molecule is CC(=O)CC1=C(C(=O)[O-])N2C(=O)[C@@H](NC(=O)CCC[C@@H](N)C(=O)[O-])[C@@H]2SC1.[Zn+2]. The van der Waals surface area contributed by atoms with Gasteiger partial charge in [-0.3, -0.25) is 19.3 Å². The van der Waals surface area contributed by atoms with Crippen molar-refractivity contribution in [3.05, 3.63) is 11.3 Å². The van der Waals surface area contributed by atoms with Gasteiger partial charge in [0.05, 0.1) is 17.6 Å². The zero-order chi connectivity index (χ0) is 20.3. The van der Waals surface area contributed by atoms with Crippen molar-refractivity contribution in [2.45, 2.75) is 50.1 Å². The third kappa shape index (κ3) is 5.39. The Labute approximate surface area is 178 Å². The molecule has 3 N–H and O–H groups in total. The quantitative estimate of drug-likeness (QED) is 0.262. The number of carbonyl (C=O) groups is 5. The molecular formula is C16H19N3O7SZn. The van der Waals surface area contributed by atoms with Gasteiger partial charge in [0.15, 0.2) is 0 Å². The fourth-order valence-electron chi connectivity index (χ4n) is 2.95. The molecule has 2 heterocycles. The number of β-lactam (4-membered cyclic amide) rings is 1.